The molecule has 0 aliphatic carbocycles. The van der Waals surface area contributed by atoms with Gasteiger partial charge in [0.1, 0.15) is 0 Å². The number of nitrogens with two attached hydrogens (primary N) is 1. The van der Waals surface area contributed by atoms with E-state index in [0.717, 1.165) is 5.56 Å². The number of methoxy groups -OCH3 is 2. The van der Waals surface area contributed by atoms with Crippen molar-refractivity contribution < 1.29 is 27.5 Å². The number of primary amides is 1. The highest BCUT2D eigenvalue weighted by molar-refractivity contribution is 7.89. The lowest BCUT2D eigenvalue weighted by molar-refractivity contribution is -0.126. The number of piperidine rings is 1. The first kappa shape index (κ1) is 24.5. The van der Waals surface area contributed by atoms with Crippen LogP contribution in [0, 0.1) is 5.92 Å². The van der Waals surface area contributed by atoms with Crippen LogP contribution in [0.15, 0.2) is 47.4 Å². The fourth-order valence-corrected chi connectivity index (χ4v) is 5.32. The molecule has 1 heterocycles. The van der Waals surface area contributed by atoms with E-state index >= 15 is 0 Å². The van der Waals surface area contributed by atoms with Gasteiger partial charge >= 0.3 is 0 Å². The van der Waals surface area contributed by atoms with Crippen molar-refractivity contribution >= 4 is 21.8 Å². The molecule has 0 unspecified atom stereocenters. The molecule has 0 atom stereocenters. The van der Waals surface area contributed by atoms with Gasteiger partial charge in [-0.25, -0.2) is 8.42 Å². The molecule has 2 amide bonds. The van der Waals surface area contributed by atoms with Crippen molar-refractivity contribution in [1.29, 1.82) is 0 Å². The first-order valence-corrected chi connectivity index (χ1v) is 12.1. The first-order chi connectivity index (χ1) is 15.8. The molecule has 1 fully saturated rings. The molecule has 0 bridgehead atoms. The number of benzene rings is 2. The lowest BCUT2D eigenvalue weighted by Gasteiger charge is -2.30. The Morgan fingerprint density at radius 3 is 2.39 bits per heavy atom. The van der Waals surface area contributed by atoms with Crippen LogP contribution in [0.4, 0.5) is 0 Å². The molecule has 1 aliphatic rings. The summed E-state index contributed by atoms with van der Waals surface area (Å²) in [5, 5.41) is 2.91. The fourth-order valence-electron chi connectivity index (χ4n) is 3.84. The predicted octanol–water partition coefficient (Wildman–Crippen LogP) is 1.56. The molecule has 33 heavy (non-hydrogen) atoms. The third-order valence-corrected chi connectivity index (χ3v) is 7.64. The molecule has 0 spiro atoms. The minimum Gasteiger partial charge on any atom is -0.493 e. The normalized spacial score (nSPS) is 15.1. The molecule has 178 valence electrons. The number of carbonyl (C=O) groups is 2. The maximum absolute atomic E-state index is 13.0. The van der Waals surface area contributed by atoms with E-state index in [1.807, 2.05) is 6.07 Å². The van der Waals surface area contributed by atoms with E-state index in [2.05, 4.69) is 5.32 Å². The summed E-state index contributed by atoms with van der Waals surface area (Å²) in [7, 11) is -0.767. The topological polar surface area (TPSA) is 128 Å². The average molecular weight is 476 g/mol. The van der Waals surface area contributed by atoms with Gasteiger partial charge in [-0.15, -0.1) is 0 Å². The van der Waals surface area contributed by atoms with Crippen LogP contribution in [0.2, 0.25) is 0 Å². The zero-order chi connectivity index (χ0) is 24.0. The molecule has 0 saturated carbocycles. The second-order valence-electron chi connectivity index (χ2n) is 7.80. The fraction of sp³-hybridized carbons (Fsp3) is 0.391. The lowest BCUT2D eigenvalue weighted by atomic mass is 9.97. The van der Waals surface area contributed by atoms with Crippen molar-refractivity contribution in [2.24, 2.45) is 11.7 Å². The average Bonchev–Trinajstić information content (AvgIpc) is 2.83. The zero-order valence-electron chi connectivity index (χ0n) is 18.7. The van der Waals surface area contributed by atoms with Gasteiger partial charge in [0.15, 0.2) is 11.5 Å². The standard InChI is InChI=1S/C23H29N3O6S/c1-31-20-7-6-19(15-21(20)32-2)33(29,30)26-12-9-17(10-13-26)23(28)25-11-8-16-4-3-5-18(14-16)22(24)27/h3-7,14-15,17H,8-13H2,1-2H3,(H2,24,27)(H,25,28). The maximum atomic E-state index is 13.0. The number of nitrogens with one attached hydrogen (secondary N) is 1. The molecule has 2 aromatic carbocycles. The van der Waals surface area contributed by atoms with Crippen LogP contribution < -0.4 is 20.5 Å². The summed E-state index contributed by atoms with van der Waals surface area (Å²) in [6, 6.07) is 11.5. The Labute approximate surface area is 193 Å². The van der Waals surface area contributed by atoms with Crippen LogP contribution in [0.1, 0.15) is 28.8 Å². The van der Waals surface area contributed by atoms with Crippen LogP contribution in [-0.2, 0) is 21.2 Å². The van der Waals surface area contributed by atoms with Gasteiger partial charge in [0.25, 0.3) is 0 Å². The smallest absolute Gasteiger partial charge is 0.248 e. The summed E-state index contributed by atoms with van der Waals surface area (Å²) in [5.41, 5.74) is 6.63. The quantitative estimate of drug-likeness (QED) is 0.567. The van der Waals surface area contributed by atoms with Crippen molar-refractivity contribution in [1.82, 2.24) is 9.62 Å². The summed E-state index contributed by atoms with van der Waals surface area (Å²) < 4.78 is 37.8. The first-order valence-electron chi connectivity index (χ1n) is 10.6. The highest BCUT2D eigenvalue weighted by Gasteiger charge is 2.32. The van der Waals surface area contributed by atoms with Crippen molar-refractivity contribution in [3.63, 3.8) is 0 Å². The number of nitrogens with zero attached hydrogens (tertiary/aromatic N) is 1. The molecule has 9 nitrogen and oxygen atoms in total. The van der Waals surface area contributed by atoms with E-state index in [9.17, 15) is 18.0 Å². The number of hydrogen-bond donors (Lipinski definition) is 2. The number of sulfonamides is 1. The van der Waals surface area contributed by atoms with E-state index in [-0.39, 0.29) is 29.8 Å². The van der Waals surface area contributed by atoms with Gasteiger partial charge in [0.2, 0.25) is 21.8 Å². The van der Waals surface area contributed by atoms with Gasteiger partial charge in [-0.1, -0.05) is 12.1 Å². The second kappa shape index (κ2) is 10.7. The highest BCUT2D eigenvalue weighted by atomic mass is 32.2. The molecule has 1 aliphatic heterocycles. The zero-order valence-corrected chi connectivity index (χ0v) is 19.6. The Morgan fingerprint density at radius 1 is 1.06 bits per heavy atom. The van der Waals surface area contributed by atoms with E-state index in [4.69, 9.17) is 15.2 Å². The number of carbonyl (C=O) groups excluding carboxylic acids is 2. The minimum atomic E-state index is -3.70. The molecule has 3 N–H and O–H groups in total. The summed E-state index contributed by atoms with van der Waals surface area (Å²) in [6.45, 7) is 0.941. The van der Waals surface area contributed by atoms with Gasteiger partial charge in [-0.3, -0.25) is 9.59 Å². The Hall–Kier alpha value is -3.11. The molecular weight excluding hydrogens is 446 g/mol. The summed E-state index contributed by atoms with van der Waals surface area (Å²) in [6.07, 6.45) is 1.45. The lowest BCUT2D eigenvalue weighted by Crippen LogP contribution is -2.43. The van der Waals surface area contributed by atoms with Crippen molar-refractivity contribution in [2.45, 2.75) is 24.2 Å². The van der Waals surface area contributed by atoms with E-state index in [1.54, 1.807) is 24.3 Å². The molecule has 10 heteroatoms. The second-order valence-corrected chi connectivity index (χ2v) is 9.74. The van der Waals surface area contributed by atoms with Gasteiger partial charge in [-0.2, -0.15) is 4.31 Å². The van der Waals surface area contributed by atoms with Gasteiger partial charge in [-0.05, 0) is 49.1 Å². The third-order valence-electron chi connectivity index (χ3n) is 5.74. The Bertz CT molecular complexity index is 1110. The maximum Gasteiger partial charge on any atom is 0.248 e. The van der Waals surface area contributed by atoms with Crippen molar-refractivity contribution in [3.8, 4) is 11.5 Å². The highest BCUT2D eigenvalue weighted by Crippen LogP contribution is 2.32. The summed E-state index contributed by atoms with van der Waals surface area (Å²) >= 11 is 0. The molecule has 0 aromatic heterocycles. The largest absolute Gasteiger partial charge is 0.493 e. The molecule has 1 saturated heterocycles. The third kappa shape index (κ3) is 5.82. The number of amides is 2. The van der Waals surface area contributed by atoms with Crippen LogP contribution >= 0.6 is 0 Å². The van der Waals surface area contributed by atoms with Crippen molar-refractivity contribution in [3.05, 3.63) is 53.6 Å². The molecule has 0 radical (unpaired) electrons. The SMILES string of the molecule is COc1ccc(S(=O)(=O)N2CCC(C(=O)NCCc3cccc(C(N)=O)c3)CC2)cc1OC. The molecule has 2 aromatic rings. The van der Waals surface area contributed by atoms with Crippen LogP contribution in [0.3, 0.4) is 0 Å². The van der Waals surface area contributed by atoms with E-state index in [1.165, 1.54) is 30.7 Å². The Morgan fingerprint density at radius 2 is 1.76 bits per heavy atom. The van der Waals surface area contributed by atoms with Crippen LogP contribution in [0.25, 0.3) is 0 Å². The Kier molecular flexibility index (Phi) is 7.93. The van der Waals surface area contributed by atoms with Crippen molar-refractivity contribution in [2.75, 3.05) is 33.9 Å². The van der Waals surface area contributed by atoms with Crippen LogP contribution in [-0.4, -0.2) is 58.4 Å². The number of ether oxygens (including phenoxy) is 2. The summed E-state index contributed by atoms with van der Waals surface area (Å²) in [5.74, 6) is -0.0407. The Balaban J connectivity index is 1.53. The van der Waals surface area contributed by atoms with Gasteiger partial charge in [0.05, 0.1) is 19.1 Å². The number of rotatable bonds is 9. The monoisotopic (exact) mass is 475 g/mol. The predicted molar refractivity (Wildman–Crippen MR) is 123 cm³/mol. The van der Waals surface area contributed by atoms with Crippen LogP contribution in [0.5, 0.6) is 11.5 Å². The minimum absolute atomic E-state index is 0.0933. The van der Waals surface area contributed by atoms with Gasteiger partial charge in [0, 0.05) is 37.2 Å². The van der Waals surface area contributed by atoms with E-state index in [0.29, 0.717) is 42.9 Å². The molecule has 3 rings (SSSR count). The number of hydrogen-bond acceptors (Lipinski definition) is 6. The van der Waals surface area contributed by atoms with Gasteiger partial charge < -0.3 is 20.5 Å². The summed E-state index contributed by atoms with van der Waals surface area (Å²) in [4.78, 5) is 24.0. The van der Waals surface area contributed by atoms with E-state index < -0.39 is 15.9 Å². The molecular formula is C23H29N3O6S.